The van der Waals surface area contributed by atoms with E-state index in [0.717, 1.165) is 24.0 Å². The largest absolute Gasteiger partial charge is 0.490 e. The monoisotopic (exact) mass is 608 g/mol. The quantitative estimate of drug-likeness (QED) is 0.196. The Morgan fingerprint density at radius 1 is 1.19 bits per heavy atom. The van der Waals surface area contributed by atoms with Crippen LogP contribution in [-0.4, -0.2) is 33.9 Å². The highest BCUT2D eigenvalue weighted by Crippen LogP contribution is 2.43. The number of nitrogens with one attached hydrogen (secondary N) is 1. The number of esters is 1. The zero-order valence-electron chi connectivity index (χ0n) is 20.7. The van der Waals surface area contributed by atoms with Crippen LogP contribution in [0.2, 0.25) is 10.0 Å². The van der Waals surface area contributed by atoms with E-state index in [1.54, 1.807) is 16.8 Å². The van der Waals surface area contributed by atoms with Crippen LogP contribution in [0.15, 0.2) is 52.4 Å². The molecule has 8 nitrogen and oxygen atoms in total. The second-order valence-electron chi connectivity index (χ2n) is 8.37. The molecule has 1 N–H and O–H groups in total. The fraction of sp³-hybridized carbons (Fsp3) is 0.346. The molecular formula is C26H27BrCl2N4O4. The zero-order chi connectivity index (χ0) is 26.5. The van der Waals surface area contributed by atoms with Crippen molar-refractivity contribution < 1.29 is 19.0 Å². The van der Waals surface area contributed by atoms with Crippen LogP contribution in [0, 0.1) is 0 Å². The zero-order valence-corrected chi connectivity index (χ0v) is 23.8. The molecule has 0 bridgehead atoms. The number of benzene rings is 2. The van der Waals surface area contributed by atoms with E-state index in [1.165, 1.54) is 6.33 Å². The van der Waals surface area contributed by atoms with Crippen LogP contribution in [0.25, 0.3) is 0 Å². The second-order valence-corrected chi connectivity index (χ2v) is 10.1. The number of hydrogen-bond donors (Lipinski definition) is 1. The number of carbonyl (C=O) groups excluding carboxylic acids is 1. The van der Waals surface area contributed by atoms with Gasteiger partial charge in [0.15, 0.2) is 11.5 Å². The Labute approximate surface area is 234 Å². The Hall–Kier alpha value is -2.75. The standard InChI is InChI=1S/C26H27BrCl2N4O4/c1-4-6-9-36-25(34)22-15(3)32-26-30-14-31-33(26)23(22)17-10-19(27)24(21(11-17)35-5-2)37-13-16-7-8-18(28)12-20(16)29/h7-8,10-12,14,23H,4-6,9,13H2,1-3H3,(H,30,31,32). The number of nitrogens with zero attached hydrogens (tertiary/aromatic N) is 3. The van der Waals surface area contributed by atoms with Gasteiger partial charge >= 0.3 is 5.97 Å². The molecule has 0 saturated heterocycles. The smallest absolute Gasteiger partial charge is 0.338 e. The molecule has 11 heteroatoms. The van der Waals surface area contributed by atoms with Gasteiger partial charge in [-0.15, -0.1) is 0 Å². The molecule has 0 spiro atoms. The molecule has 196 valence electrons. The first kappa shape index (κ1) is 27.3. The number of unbranched alkanes of at least 4 members (excludes halogenated alkanes) is 1. The Morgan fingerprint density at radius 2 is 2.00 bits per heavy atom. The summed E-state index contributed by atoms with van der Waals surface area (Å²) in [5, 5.41) is 8.60. The van der Waals surface area contributed by atoms with Crippen LogP contribution in [0.1, 0.15) is 50.8 Å². The van der Waals surface area contributed by atoms with Gasteiger partial charge in [0, 0.05) is 21.3 Å². The summed E-state index contributed by atoms with van der Waals surface area (Å²) in [7, 11) is 0. The predicted molar refractivity (Wildman–Crippen MR) is 146 cm³/mol. The minimum absolute atomic E-state index is 0.211. The number of halogens is 3. The topological polar surface area (TPSA) is 87.5 Å². The number of anilines is 1. The highest BCUT2D eigenvalue weighted by molar-refractivity contribution is 9.10. The molecule has 2 heterocycles. The molecule has 3 aromatic rings. The van der Waals surface area contributed by atoms with E-state index in [-0.39, 0.29) is 6.61 Å². The van der Waals surface area contributed by atoms with Gasteiger partial charge in [0.2, 0.25) is 5.95 Å². The summed E-state index contributed by atoms with van der Waals surface area (Å²) in [5.41, 5.74) is 2.64. The number of aromatic nitrogens is 3. The summed E-state index contributed by atoms with van der Waals surface area (Å²) in [6, 6.07) is 8.40. The number of ether oxygens (including phenoxy) is 3. The highest BCUT2D eigenvalue weighted by Gasteiger charge is 2.35. The number of rotatable bonds is 10. The first-order chi connectivity index (χ1) is 17.8. The Balaban J connectivity index is 1.72. The van der Waals surface area contributed by atoms with E-state index >= 15 is 0 Å². The first-order valence-corrected chi connectivity index (χ1v) is 13.5. The number of hydrogen-bond acceptors (Lipinski definition) is 7. The van der Waals surface area contributed by atoms with Crippen LogP contribution in [0.3, 0.4) is 0 Å². The van der Waals surface area contributed by atoms with Crippen LogP contribution < -0.4 is 14.8 Å². The molecule has 1 aliphatic rings. The van der Waals surface area contributed by atoms with Crippen molar-refractivity contribution in [2.75, 3.05) is 18.5 Å². The van der Waals surface area contributed by atoms with Gasteiger partial charge in [-0.25, -0.2) is 9.48 Å². The minimum Gasteiger partial charge on any atom is -0.490 e. The summed E-state index contributed by atoms with van der Waals surface area (Å²) in [4.78, 5) is 17.5. The molecule has 0 amide bonds. The molecule has 0 fully saturated rings. The molecule has 1 unspecified atom stereocenters. The number of allylic oxidation sites excluding steroid dienone is 1. The lowest BCUT2D eigenvalue weighted by atomic mass is 9.95. The molecule has 1 aliphatic heterocycles. The summed E-state index contributed by atoms with van der Waals surface area (Å²) in [5.74, 6) is 1.14. The van der Waals surface area contributed by atoms with E-state index in [9.17, 15) is 4.79 Å². The summed E-state index contributed by atoms with van der Waals surface area (Å²) in [6.07, 6.45) is 3.15. The summed E-state index contributed by atoms with van der Waals surface area (Å²) >= 11 is 16.0. The van der Waals surface area contributed by atoms with Gasteiger partial charge in [-0.1, -0.05) is 42.6 Å². The second kappa shape index (κ2) is 12.2. The average Bonchev–Trinajstić information content (AvgIpc) is 3.32. The average molecular weight is 610 g/mol. The molecule has 0 saturated carbocycles. The molecule has 1 atom stereocenters. The summed E-state index contributed by atoms with van der Waals surface area (Å²) in [6.45, 7) is 6.73. The van der Waals surface area contributed by atoms with Crippen LogP contribution in [-0.2, 0) is 16.1 Å². The minimum atomic E-state index is -0.580. The third kappa shape index (κ3) is 6.05. The van der Waals surface area contributed by atoms with Gasteiger partial charge in [-0.3, -0.25) is 0 Å². The first-order valence-electron chi connectivity index (χ1n) is 11.9. The van der Waals surface area contributed by atoms with Crippen molar-refractivity contribution in [2.24, 2.45) is 0 Å². The van der Waals surface area contributed by atoms with Gasteiger partial charge in [0.1, 0.15) is 19.0 Å². The van der Waals surface area contributed by atoms with Crippen molar-refractivity contribution in [3.63, 3.8) is 0 Å². The normalized spacial score (nSPS) is 14.7. The lowest BCUT2D eigenvalue weighted by molar-refractivity contribution is -0.139. The molecule has 1 aromatic heterocycles. The van der Waals surface area contributed by atoms with E-state index in [2.05, 4.69) is 31.3 Å². The van der Waals surface area contributed by atoms with Crippen LogP contribution in [0.4, 0.5) is 5.95 Å². The summed E-state index contributed by atoms with van der Waals surface area (Å²) < 4.78 is 20.0. The van der Waals surface area contributed by atoms with E-state index in [1.807, 2.05) is 39.0 Å². The SMILES string of the molecule is CCCCOC(=O)C1=C(C)Nc2ncnn2C1c1cc(Br)c(OCc2ccc(Cl)cc2Cl)c(OCC)c1. The fourth-order valence-corrected chi connectivity index (χ4v) is 5.03. The molecule has 4 rings (SSSR count). The lowest BCUT2D eigenvalue weighted by Crippen LogP contribution is -2.30. The van der Waals surface area contributed by atoms with Crippen LogP contribution in [0.5, 0.6) is 11.5 Å². The number of fused-ring (bicyclic) bond motifs is 1. The van der Waals surface area contributed by atoms with E-state index < -0.39 is 12.0 Å². The predicted octanol–water partition coefficient (Wildman–Crippen LogP) is 6.96. The third-order valence-electron chi connectivity index (χ3n) is 5.78. The van der Waals surface area contributed by atoms with E-state index in [0.29, 0.717) is 56.4 Å². The Morgan fingerprint density at radius 3 is 2.73 bits per heavy atom. The van der Waals surface area contributed by atoms with Crippen LogP contribution >= 0.6 is 39.1 Å². The number of carbonyl (C=O) groups is 1. The maximum absolute atomic E-state index is 13.2. The fourth-order valence-electron chi connectivity index (χ4n) is 3.99. The molecule has 2 aromatic carbocycles. The molecule has 0 aliphatic carbocycles. The van der Waals surface area contributed by atoms with Gasteiger partial charge in [0.25, 0.3) is 0 Å². The Bertz CT molecular complexity index is 1330. The van der Waals surface area contributed by atoms with Gasteiger partial charge in [-0.2, -0.15) is 10.1 Å². The highest BCUT2D eigenvalue weighted by atomic mass is 79.9. The van der Waals surface area contributed by atoms with Crippen molar-refractivity contribution in [1.82, 2.24) is 14.8 Å². The van der Waals surface area contributed by atoms with Gasteiger partial charge in [-0.05, 0) is 66.0 Å². The Kier molecular flexibility index (Phi) is 9.00. The molecular weight excluding hydrogens is 583 g/mol. The lowest BCUT2D eigenvalue weighted by Gasteiger charge is -2.29. The van der Waals surface area contributed by atoms with Crippen molar-refractivity contribution in [1.29, 1.82) is 0 Å². The molecule has 37 heavy (non-hydrogen) atoms. The van der Waals surface area contributed by atoms with Gasteiger partial charge in [0.05, 0.1) is 23.3 Å². The third-order valence-corrected chi connectivity index (χ3v) is 6.96. The maximum atomic E-state index is 13.2. The van der Waals surface area contributed by atoms with Crippen molar-refractivity contribution >= 4 is 51.0 Å². The van der Waals surface area contributed by atoms with Gasteiger partial charge < -0.3 is 19.5 Å². The van der Waals surface area contributed by atoms with Crippen molar-refractivity contribution in [2.45, 2.75) is 46.3 Å². The van der Waals surface area contributed by atoms with Crippen molar-refractivity contribution in [3.05, 3.63) is 73.6 Å². The maximum Gasteiger partial charge on any atom is 0.338 e. The van der Waals surface area contributed by atoms with Crippen molar-refractivity contribution in [3.8, 4) is 11.5 Å². The molecule has 0 radical (unpaired) electrons. The van der Waals surface area contributed by atoms with E-state index in [4.69, 9.17) is 37.4 Å².